The summed E-state index contributed by atoms with van der Waals surface area (Å²) in [4.78, 5) is 12.1. The van der Waals surface area contributed by atoms with Crippen LogP contribution in [0.3, 0.4) is 0 Å². The summed E-state index contributed by atoms with van der Waals surface area (Å²) >= 11 is 0. The summed E-state index contributed by atoms with van der Waals surface area (Å²) in [5.41, 5.74) is 0. The zero-order chi connectivity index (χ0) is 14.4. The van der Waals surface area contributed by atoms with Crippen LogP contribution >= 0.6 is 0 Å². The van der Waals surface area contributed by atoms with Crippen LogP contribution in [0.25, 0.3) is 0 Å². The van der Waals surface area contributed by atoms with E-state index in [9.17, 15) is 4.79 Å². The molecule has 1 saturated carbocycles. The molecule has 3 heteroatoms. The van der Waals surface area contributed by atoms with Gasteiger partial charge in [-0.3, -0.25) is 4.79 Å². The SMILES string of the molecule is CCCC(C)NC(=O)C(C)NC1CCCC(C)C1C. The van der Waals surface area contributed by atoms with Crippen LogP contribution in [-0.2, 0) is 4.79 Å². The molecular formula is C16H32N2O. The first-order valence-corrected chi connectivity index (χ1v) is 8.02. The average Bonchev–Trinajstić information content (AvgIpc) is 2.35. The topological polar surface area (TPSA) is 41.1 Å². The largest absolute Gasteiger partial charge is 0.352 e. The number of nitrogens with one attached hydrogen (secondary N) is 2. The van der Waals surface area contributed by atoms with Crippen molar-refractivity contribution in [2.45, 2.75) is 84.8 Å². The van der Waals surface area contributed by atoms with Gasteiger partial charge in [-0.05, 0) is 38.5 Å². The van der Waals surface area contributed by atoms with Gasteiger partial charge in [0.2, 0.25) is 5.91 Å². The monoisotopic (exact) mass is 268 g/mol. The van der Waals surface area contributed by atoms with Crippen LogP contribution in [0.5, 0.6) is 0 Å². The van der Waals surface area contributed by atoms with Crippen molar-refractivity contribution in [3.05, 3.63) is 0 Å². The van der Waals surface area contributed by atoms with Crippen molar-refractivity contribution in [1.82, 2.24) is 10.6 Å². The van der Waals surface area contributed by atoms with Crippen molar-refractivity contribution < 1.29 is 4.79 Å². The van der Waals surface area contributed by atoms with Gasteiger partial charge in [0.05, 0.1) is 6.04 Å². The lowest BCUT2D eigenvalue weighted by Crippen LogP contribution is -2.52. The molecule has 0 aromatic carbocycles. The molecule has 0 spiro atoms. The fourth-order valence-electron chi connectivity index (χ4n) is 3.09. The molecule has 0 aliphatic heterocycles. The van der Waals surface area contributed by atoms with Crippen molar-refractivity contribution in [2.24, 2.45) is 11.8 Å². The molecule has 0 heterocycles. The number of rotatable bonds is 6. The highest BCUT2D eigenvalue weighted by Gasteiger charge is 2.29. The van der Waals surface area contributed by atoms with Crippen molar-refractivity contribution in [2.75, 3.05) is 0 Å². The Hall–Kier alpha value is -0.570. The van der Waals surface area contributed by atoms with E-state index in [0.29, 0.717) is 12.0 Å². The Morgan fingerprint density at radius 2 is 1.95 bits per heavy atom. The third-order valence-corrected chi connectivity index (χ3v) is 4.67. The fourth-order valence-corrected chi connectivity index (χ4v) is 3.09. The summed E-state index contributed by atoms with van der Waals surface area (Å²) < 4.78 is 0. The third kappa shape index (κ3) is 5.13. The third-order valence-electron chi connectivity index (χ3n) is 4.67. The molecule has 1 rings (SSSR count). The summed E-state index contributed by atoms with van der Waals surface area (Å²) in [7, 11) is 0. The lowest BCUT2D eigenvalue weighted by atomic mass is 9.78. The Bertz CT molecular complexity index is 280. The summed E-state index contributed by atoms with van der Waals surface area (Å²) in [6, 6.07) is 0.687. The highest BCUT2D eigenvalue weighted by molar-refractivity contribution is 5.81. The molecule has 0 aromatic rings. The van der Waals surface area contributed by atoms with E-state index in [4.69, 9.17) is 0 Å². The Morgan fingerprint density at radius 1 is 1.26 bits per heavy atom. The van der Waals surface area contributed by atoms with E-state index in [-0.39, 0.29) is 18.0 Å². The zero-order valence-corrected chi connectivity index (χ0v) is 13.3. The van der Waals surface area contributed by atoms with Crippen LogP contribution in [0.15, 0.2) is 0 Å². The average molecular weight is 268 g/mol. The molecule has 2 N–H and O–H groups in total. The van der Waals surface area contributed by atoms with Gasteiger partial charge < -0.3 is 10.6 Å². The van der Waals surface area contributed by atoms with Gasteiger partial charge in [-0.25, -0.2) is 0 Å². The van der Waals surface area contributed by atoms with E-state index in [2.05, 4.69) is 38.3 Å². The van der Waals surface area contributed by atoms with Gasteiger partial charge in [0.25, 0.3) is 0 Å². The highest BCUT2D eigenvalue weighted by atomic mass is 16.2. The number of hydrogen-bond acceptors (Lipinski definition) is 2. The number of carbonyl (C=O) groups is 1. The molecule has 1 aliphatic rings. The molecule has 3 nitrogen and oxygen atoms in total. The summed E-state index contributed by atoms with van der Waals surface area (Å²) in [5, 5.41) is 6.63. The van der Waals surface area contributed by atoms with Gasteiger partial charge in [-0.1, -0.05) is 40.0 Å². The zero-order valence-electron chi connectivity index (χ0n) is 13.3. The Kier molecular flexibility index (Phi) is 6.84. The van der Waals surface area contributed by atoms with E-state index in [0.717, 1.165) is 18.8 Å². The van der Waals surface area contributed by atoms with Gasteiger partial charge in [0.1, 0.15) is 0 Å². The van der Waals surface area contributed by atoms with Crippen LogP contribution in [0.2, 0.25) is 0 Å². The van der Waals surface area contributed by atoms with Crippen LogP contribution in [0, 0.1) is 11.8 Å². The molecule has 0 aromatic heterocycles. The molecule has 0 bridgehead atoms. The smallest absolute Gasteiger partial charge is 0.237 e. The number of carbonyl (C=O) groups excluding carboxylic acids is 1. The molecule has 1 amide bonds. The maximum Gasteiger partial charge on any atom is 0.237 e. The number of hydrogen-bond donors (Lipinski definition) is 2. The molecule has 5 atom stereocenters. The number of amides is 1. The quantitative estimate of drug-likeness (QED) is 0.777. The molecule has 5 unspecified atom stereocenters. The first-order valence-electron chi connectivity index (χ1n) is 8.02. The van der Waals surface area contributed by atoms with Gasteiger partial charge in [0, 0.05) is 12.1 Å². The highest BCUT2D eigenvalue weighted by Crippen LogP contribution is 2.29. The van der Waals surface area contributed by atoms with Crippen LogP contribution < -0.4 is 10.6 Å². The van der Waals surface area contributed by atoms with Crippen molar-refractivity contribution in [3.8, 4) is 0 Å². The van der Waals surface area contributed by atoms with E-state index >= 15 is 0 Å². The normalized spacial score (nSPS) is 30.7. The summed E-state index contributed by atoms with van der Waals surface area (Å²) in [6.45, 7) is 10.9. The minimum Gasteiger partial charge on any atom is -0.352 e. The molecule has 0 saturated heterocycles. The standard InChI is InChI=1S/C16H32N2O/c1-6-8-12(3)17-16(19)14(5)18-15-10-7-9-11(2)13(15)4/h11-15,18H,6-10H2,1-5H3,(H,17,19). The minimum absolute atomic E-state index is 0.0861. The van der Waals surface area contributed by atoms with Crippen LogP contribution in [0.1, 0.15) is 66.7 Å². The maximum absolute atomic E-state index is 12.1. The predicted octanol–water partition coefficient (Wildman–Crippen LogP) is 3.09. The lowest BCUT2D eigenvalue weighted by molar-refractivity contribution is -0.123. The second-order valence-electron chi connectivity index (χ2n) is 6.46. The second-order valence-corrected chi connectivity index (χ2v) is 6.46. The Morgan fingerprint density at radius 3 is 2.58 bits per heavy atom. The van der Waals surface area contributed by atoms with Gasteiger partial charge >= 0.3 is 0 Å². The first-order chi connectivity index (χ1) is 8.95. The molecular weight excluding hydrogens is 236 g/mol. The molecule has 0 radical (unpaired) electrons. The molecule has 19 heavy (non-hydrogen) atoms. The van der Waals surface area contributed by atoms with E-state index in [1.54, 1.807) is 0 Å². The lowest BCUT2D eigenvalue weighted by Gasteiger charge is -2.36. The molecule has 1 aliphatic carbocycles. The van der Waals surface area contributed by atoms with Crippen molar-refractivity contribution >= 4 is 5.91 Å². The van der Waals surface area contributed by atoms with E-state index in [1.807, 2.05) is 6.92 Å². The summed E-state index contributed by atoms with van der Waals surface area (Å²) in [6.07, 6.45) is 5.97. The Labute approximate surface area is 118 Å². The van der Waals surface area contributed by atoms with Gasteiger partial charge in [0.15, 0.2) is 0 Å². The van der Waals surface area contributed by atoms with Crippen molar-refractivity contribution in [3.63, 3.8) is 0 Å². The summed E-state index contributed by atoms with van der Waals surface area (Å²) in [5.74, 6) is 1.57. The van der Waals surface area contributed by atoms with E-state index < -0.39 is 0 Å². The Balaban J connectivity index is 2.40. The van der Waals surface area contributed by atoms with Gasteiger partial charge in [-0.2, -0.15) is 0 Å². The molecule has 112 valence electrons. The minimum atomic E-state index is -0.0861. The first kappa shape index (κ1) is 16.5. The van der Waals surface area contributed by atoms with Gasteiger partial charge in [-0.15, -0.1) is 0 Å². The van der Waals surface area contributed by atoms with E-state index in [1.165, 1.54) is 19.3 Å². The van der Waals surface area contributed by atoms with Crippen LogP contribution in [0.4, 0.5) is 0 Å². The fraction of sp³-hybridized carbons (Fsp3) is 0.938. The predicted molar refractivity (Wildman–Crippen MR) is 81.1 cm³/mol. The van der Waals surface area contributed by atoms with Crippen LogP contribution in [-0.4, -0.2) is 24.0 Å². The second kappa shape index (κ2) is 7.88. The maximum atomic E-state index is 12.1. The van der Waals surface area contributed by atoms with Crippen molar-refractivity contribution in [1.29, 1.82) is 0 Å². The molecule has 1 fully saturated rings.